The summed E-state index contributed by atoms with van der Waals surface area (Å²) in [6.45, 7) is 7.21. The largest absolute Gasteiger partial charge is 0.336 e. The van der Waals surface area contributed by atoms with E-state index in [2.05, 4.69) is 35.9 Å². The van der Waals surface area contributed by atoms with Crippen LogP contribution in [0.1, 0.15) is 50.1 Å². The SMILES string of the molecule is CCc1nnc(N2CC(c3ccc(F)cc3)CC2C)nc1CC. The zero-order valence-corrected chi connectivity index (χ0v) is 14.0. The molecule has 1 aromatic carbocycles. The van der Waals surface area contributed by atoms with Gasteiger partial charge in [0.2, 0.25) is 5.95 Å². The molecular weight excluding hydrogens is 291 g/mol. The highest BCUT2D eigenvalue weighted by Gasteiger charge is 2.32. The van der Waals surface area contributed by atoms with Crippen LogP contribution in [0.3, 0.4) is 0 Å². The second-order valence-electron chi connectivity index (χ2n) is 6.20. The molecule has 2 unspecified atom stereocenters. The summed E-state index contributed by atoms with van der Waals surface area (Å²) in [5.74, 6) is 0.910. The van der Waals surface area contributed by atoms with Gasteiger partial charge >= 0.3 is 0 Å². The van der Waals surface area contributed by atoms with Gasteiger partial charge in [-0.1, -0.05) is 26.0 Å². The van der Waals surface area contributed by atoms with Crippen LogP contribution in [0.4, 0.5) is 10.3 Å². The van der Waals surface area contributed by atoms with Crippen LogP contribution in [0.2, 0.25) is 0 Å². The molecule has 0 amide bonds. The first-order chi connectivity index (χ1) is 11.1. The normalized spacial score (nSPS) is 21.0. The van der Waals surface area contributed by atoms with Crippen LogP contribution in [0, 0.1) is 5.82 Å². The molecule has 2 heterocycles. The number of hydrogen-bond acceptors (Lipinski definition) is 4. The number of aryl methyl sites for hydroxylation is 2. The van der Waals surface area contributed by atoms with E-state index < -0.39 is 0 Å². The number of anilines is 1. The van der Waals surface area contributed by atoms with Crippen LogP contribution < -0.4 is 4.90 Å². The van der Waals surface area contributed by atoms with E-state index in [1.54, 1.807) is 0 Å². The van der Waals surface area contributed by atoms with Crippen molar-refractivity contribution in [1.29, 1.82) is 0 Å². The van der Waals surface area contributed by atoms with E-state index in [9.17, 15) is 4.39 Å². The third kappa shape index (κ3) is 3.19. The maximum atomic E-state index is 13.1. The van der Waals surface area contributed by atoms with Crippen molar-refractivity contribution in [2.24, 2.45) is 0 Å². The van der Waals surface area contributed by atoms with Crippen molar-refractivity contribution in [1.82, 2.24) is 15.2 Å². The molecule has 1 aliphatic heterocycles. The molecule has 1 aromatic heterocycles. The fraction of sp³-hybridized carbons (Fsp3) is 0.500. The molecule has 1 aliphatic rings. The quantitative estimate of drug-likeness (QED) is 0.866. The molecule has 0 aliphatic carbocycles. The second-order valence-corrected chi connectivity index (χ2v) is 6.20. The van der Waals surface area contributed by atoms with Crippen LogP contribution in [0.15, 0.2) is 24.3 Å². The lowest BCUT2D eigenvalue weighted by Crippen LogP contribution is -2.29. The number of benzene rings is 1. The van der Waals surface area contributed by atoms with E-state index >= 15 is 0 Å². The predicted molar refractivity (Wildman–Crippen MR) is 89.1 cm³/mol. The van der Waals surface area contributed by atoms with Gasteiger partial charge in [-0.3, -0.25) is 0 Å². The summed E-state index contributed by atoms with van der Waals surface area (Å²) >= 11 is 0. The lowest BCUT2D eigenvalue weighted by Gasteiger charge is -2.21. The minimum absolute atomic E-state index is 0.188. The number of aromatic nitrogens is 3. The highest BCUT2D eigenvalue weighted by molar-refractivity contribution is 5.37. The monoisotopic (exact) mass is 314 g/mol. The standard InChI is InChI=1S/C18H23FN4/c1-4-16-17(5-2)21-22-18(20-16)23-11-14(10-12(23)3)13-6-8-15(19)9-7-13/h6-9,12,14H,4-5,10-11H2,1-3H3. The average Bonchev–Trinajstić information content (AvgIpc) is 2.96. The molecule has 122 valence electrons. The number of nitrogens with zero attached hydrogens (tertiary/aromatic N) is 4. The Labute approximate surface area is 136 Å². The number of hydrogen-bond donors (Lipinski definition) is 0. The predicted octanol–water partition coefficient (Wildman–Crippen LogP) is 3.52. The van der Waals surface area contributed by atoms with Crippen molar-refractivity contribution < 1.29 is 4.39 Å². The summed E-state index contributed by atoms with van der Waals surface area (Å²) < 4.78 is 13.1. The third-order valence-electron chi connectivity index (χ3n) is 4.67. The Bertz CT molecular complexity index is 671. The van der Waals surface area contributed by atoms with Gasteiger partial charge in [-0.05, 0) is 43.9 Å². The van der Waals surface area contributed by atoms with Gasteiger partial charge in [-0.15, -0.1) is 5.10 Å². The molecule has 1 fully saturated rings. The summed E-state index contributed by atoms with van der Waals surface area (Å²) in [4.78, 5) is 6.95. The van der Waals surface area contributed by atoms with Gasteiger partial charge in [0.05, 0.1) is 11.4 Å². The first kappa shape index (κ1) is 15.8. The van der Waals surface area contributed by atoms with Gasteiger partial charge in [-0.25, -0.2) is 9.37 Å². The zero-order valence-electron chi connectivity index (χ0n) is 14.0. The Morgan fingerprint density at radius 3 is 2.43 bits per heavy atom. The van der Waals surface area contributed by atoms with Gasteiger partial charge in [0.1, 0.15) is 5.82 Å². The topological polar surface area (TPSA) is 41.9 Å². The van der Waals surface area contributed by atoms with Crippen LogP contribution in [-0.2, 0) is 12.8 Å². The molecule has 0 saturated carbocycles. The summed E-state index contributed by atoms with van der Waals surface area (Å²) in [5, 5.41) is 8.69. The molecule has 0 spiro atoms. The molecular formula is C18H23FN4. The first-order valence-corrected chi connectivity index (χ1v) is 8.36. The Morgan fingerprint density at radius 1 is 1.09 bits per heavy atom. The van der Waals surface area contributed by atoms with E-state index in [1.807, 2.05) is 12.1 Å². The van der Waals surface area contributed by atoms with Crippen molar-refractivity contribution in [2.75, 3.05) is 11.4 Å². The van der Waals surface area contributed by atoms with E-state index in [0.29, 0.717) is 12.0 Å². The van der Waals surface area contributed by atoms with Crippen LogP contribution >= 0.6 is 0 Å². The van der Waals surface area contributed by atoms with Crippen molar-refractivity contribution in [3.8, 4) is 0 Å². The third-order valence-corrected chi connectivity index (χ3v) is 4.67. The molecule has 0 radical (unpaired) electrons. The van der Waals surface area contributed by atoms with Crippen LogP contribution in [0.5, 0.6) is 0 Å². The molecule has 3 rings (SSSR count). The highest BCUT2D eigenvalue weighted by Crippen LogP contribution is 2.33. The lowest BCUT2D eigenvalue weighted by atomic mass is 9.97. The summed E-state index contributed by atoms with van der Waals surface area (Å²) in [5.41, 5.74) is 3.20. The summed E-state index contributed by atoms with van der Waals surface area (Å²) in [6, 6.07) is 7.18. The van der Waals surface area contributed by atoms with Gasteiger partial charge in [0.15, 0.2) is 0 Å². The number of rotatable bonds is 4. The fourth-order valence-electron chi connectivity index (χ4n) is 3.34. The fourth-order valence-corrected chi connectivity index (χ4v) is 3.34. The maximum absolute atomic E-state index is 13.1. The maximum Gasteiger partial charge on any atom is 0.245 e. The van der Waals surface area contributed by atoms with Gasteiger partial charge in [0, 0.05) is 18.5 Å². The van der Waals surface area contributed by atoms with E-state index in [4.69, 9.17) is 4.98 Å². The Morgan fingerprint density at radius 2 is 1.78 bits per heavy atom. The average molecular weight is 314 g/mol. The zero-order chi connectivity index (χ0) is 16.4. The Kier molecular flexibility index (Phi) is 4.55. The Balaban J connectivity index is 1.82. The van der Waals surface area contributed by atoms with Gasteiger partial charge < -0.3 is 4.90 Å². The highest BCUT2D eigenvalue weighted by atomic mass is 19.1. The summed E-state index contributed by atoms with van der Waals surface area (Å²) in [6.07, 6.45) is 2.75. The van der Waals surface area contributed by atoms with Crippen molar-refractivity contribution in [3.05, 3.63) is 47.0 Å². The van der Waals surface area contributed by atoms with E-state index in [-0.39, 0.29) is 5.82 Å². The molecule has 2 atom stereocenters. The minimum Gasteiger partial charge on any atom is -0.336 e. The van der Waals surface area contributed by atoms with Crippen molar-refractivity contribution in [2.45, 2.75) is 52.0 Å². The molecule has 23 heavy (non-hydrogen) atoms. The van der Waals surface area contributed by atoms with Gasteiger partial charge in [-0.2, -0.15) is 5.10 Å². The number of halogens is 1. The first-order valence-electron chi connectivity index (χ1n) is 8.36. The molecule has 2 aromatic rings. The molecule has 1 saturated heterocycles. The molecule has 0 bridgehead atoms. The van der Waals surface area contributed by atoms with Crippen molar-refractivity contribution >= 4 is 5.95 Å². The molecule has 5 heteroatoms. The second kappa shape index (κ2) is 6.60. The lowest BCUT2D eigenvalue weighted by molar-refractivity contribution is 0.625. The molecule has 4 nitrogen and oxygen atoms in total. The minimum atomic E-state index is -0.188. The van der Waals surface area contributed by atoms with Crippen molar-refractivity contribution in [3.63, 3.8) is 0 Å². The summed E-state index contributed by atoms with van der Waals surface area (Å²) in [7, 11) is 0. The van der Waals surface area contributed by atoms with E-state index in [0.717, 1.165) is 43.1 Å². The smallest absolute Gasteiger partial charge is 0.245 e. The Hall–Kier alpha value is -2.04. The van der Waals surface area contributed by atoms with E-state index in [1.165, 1.54) is 17.7 Å². The molecule has 0 N–H and O–H groups in total. The van der Waals surface area contributed by atoms with Crippen LogP contribution in [-0.4, -0.2) is 27.8 Å². The van der Waals surface area contributed by atoms with Crippen LogP contribution in [0.25, 0.3) is 0 Å². The van der Waals surface area contributed by atoms with Gasteiger partial charge in [0.25, 0.3) is 0 Å².